The minimum atomic E-state index is -0.941. The average Bonchev–Trinajstić information content (AvgIpc) is 2.36. The molecule has 0 saturated heterocycles. The smallest absolute Gasteiger partial charge is 0.305 e. The van der Waals surface area contributed by atoms with E-state index < -0.39 is 5.97 Å². The Hall–Kier alpha value is -1.82. The standard InChI is InChI=1S/C13H14BrNO4/c1-19-11-4-2-9(8-10(11)14)3-5-12(16)15-7-6-13(17)18/h2-5,8H,6-7H2,1H3,(H,15,16)(H,17,18). The number of hydrogen-bond acceptors (Lipinski definition) is 3. The van der Waals surface area contributed by atoms with E-state index in [0.29, 0.717) is 5.75 Å². The van der Waals surface area contributed by atoms with Crippen LogP contribution in [0.25, 0.3) is 6.08 Å². The molecule has 19 heavy (non-hydrogen) atoms. The van der Waals surface area contributed by atoms with E-state index in [2.05, 4.69) is 21.2 Å². The number of amides is 1. The highest BCUT2D eigenvalue weighted by molar-refractivity contribution is 9.10. The predicted molar refractivity (Wildman–Crippen MR) is 75.0 cm³/mol. The summed E-state index contributed by atoms with van der Waals surface area (Å²) in [6.45, 7) is 0.116. The number of carboxylic acids is 1. The molecule has 1 aromatic rings. The number of nitrogens with one attached hydrogen (secondary N) is 1. The fourth-order valence-electron chi connectivity index (χ4n) is 1.31. The SMILES string of the molecule is COc1ccc(C=CC(=O)NCCC(=O)O)cc1Br. The van der Waals surface area contributed by atoms with Crippen molar-refractivity contribution in [2.24, 2.45) is 0 Å². The molecule has 0 radical (unpaired) electrons. The number of halogens is 1. The van der Waals surface area contributed by atoms with Gasteiger partial charge in [0.2, 0.25) is 5.91 Å². The predicted octanol–water partition coefficient (Wildman–Crippen LogP) is 2.06. The molecule has 0 saturated carbocycles. The molecule has 5 nitrogen and oxygen atoms in total. The summed E-state index contributed by atoms with van der Waals surface area (Å²) < 4.78 is 5.89. The number of ether oxygens (including phenoxy) is 1. The first kappa shape index (κ1) is 15.2. The van der Waals surface area contributed by atoms with E-state index in [-0.39, 0.29) is 18.9 Å². The van der Waals surface area contributed by atoms with Crippen LogP contribution in [0.1, 0.15) is 12.0 Å². The van der Waals surface area contributed by atoms with Gasteiger partial charge >= 0.3 is 5.97 Å². The van der Waals surface area contributed by atoms with Crippen molar-refractivity contribution in [3.05, 3.63) is 34.3 Å². The third-order valence-electron chi connectivity index (χ3n) is 2.24. The summed E-state index contributed by atoms with van der Waals surface area (Å²) in [5, 5.41) is 10.9. The number of carbonyl (C=O) groups is 2. The van der Waals surface area contributed by atoms with Crippen molar-refractivity contribution in [3.8, 4) is 5.75 Å². The van der Waals surface area contributed by atoms with Crippen LogP contribution in [0.5, 0.6) is 5.75 Å². The van der Waals surface area contributed by atoms with E-state index in [1.807, 2.05) is 12.1 Å². The minimum absolute atomic E-state index is 0.0896. The maximum Gasteiger partial charge on any atom is 0.305 e. The molecule has 1 rings (SSSR count). The lowest BCUT2D eigenvalue weighted by Crippen LogP contribution is -2.23. The lowest BCUT2D eigenvalue weighted by Gasteiger charge is -2.03. The molecule has 0 fully saturated rings. The Labute approximate surface area is 119 Å². The van der Waals surface area contributed by atoms with Gasteiger partial charge in [0.05, 0.1) is 18.0 Å². The van der Waals surface area contributed by atoms with Crippen LogP contribution < -0.4 is 10.1 Å². The first-order valence-corrected chi connectivity index (χ1v) is 6.33. The Morgan fingerprint density at radius 1 is 1.47 bits per heavy atom. The maximum absolute atomic E-state index is 11.4. The second kappa shape index (κ2) is 7.58. The summed E-state index contributed by atoms with van der Waals surface area (Å²) in [6, 6.07) is 5.41. The molecule has 0 aromatic heterocycles. The van der Waals surface area contributed by atoms with Crippen LogP contribution in [0.2, 0.25) is 0 Å². The molecule has 0 bridgehead atoms. The molecule has 0 atom stereocenters. The third kappa shape index (κ3) is 5.56. The molecule has 6 heteroatoms. The molecule has 102 valence electrons. The van der Waals surface area contributed by atoms with Crippen LogP contribution >= 0.6 is 15.9 Å². The molecular weight excluding hydrogens is 314 g/mol. The number of carbonyl (C=O) groups excluding carboxylic acids is 1. The van der Waals surface area contributed by atoms with Crippen molar-refractivity contribution >= 4 is 33.9 Å². The number of methoxy groups -OCH3 is 1. The van der Waals surface area contributed by atoms with Crippen LogP contribution in [0.3, 0.4) is 0 Å². The zero-order valence-electron chi connectivity index (χ0n) is 10.4. The number of rotatable bonds is 6. The highest BCUT2D eigenvalue weighted by Crippen LogP contribution is 2.25. The Bertz CT molecular complexity index is 499. The first-order valence-electron chi connectivity index (χ1n) is 5.54. The van der Waals surface area contributed by atoms with Crippen LogP contribution in [0.4, 0.5) is 0 Å². The van der Waals surface area contributed by atoms with Crippen molar-refractivity contribution in [2.75, 3.05) is 13.7 Å². The van der Waals surface area contributed by atoms with E-state index in [1.165, 1.54) is 6.08 Å². The molecule has 1 aromatic carbocycles. The number of hydrogen-bond donors (Lipinski definition) is 2. The lowest BCUT2D eigenvalue weighted by atomic mass is 10.2. The molecule has 0 heterocycles. The molecule has 0 aliphatic rings. The Kier molecular flexibility index (Phi) is 6.08. The second-order valence-corrected chi connectivity index (χ2v) is 4.52. The summed E-state index contributed by atoms with van der Waals surface area (Å²) in [4.78, 5) is 21.7. The molecular formula is C13H14BrNO4. The first-order chi connectivity index (χ1) is 9.02. The van der Waals surface area contributed by atoms with Crippen molar-refractivity contribution in [1.82, 2.24) is 5.32 Å². The van der Waals surface area contributed by atoms with E-state index in [4.69, 9.17) is 9.84 Å². The monoisotopic (exact) mass is 327 g/mol. The van der Waals surface area contributed by atoms with E-state index in [0.717, 1.165) is 10.0 Å². The Morgan fingerprint density at radius 2 is 2.21 bits per heavy atom. The number of aliphatic carboxylic acids is 1. The van der Waals surface area contributed by atoms with Gasteiger partial charge < -0.3 is 15.2 Å². The van der Waals surface area contributed by atoms with Crippen molar-refractivity contribution in [3.63, 3.8) is 0 Å². The van der Waals surface area contributed by atoms with Gasteiger partial charge in [-0.05, 0) is 39.7 Å². The molecule has 0 spiro atoms. The van der Waals surface area contributed by atoms with Gasteiger partial charge in [-0.25, -0.2) is 0 Å². The van der Waals surface area contributed by atoms with Crippen LogP contribution in [-0.4, -0.2) is 30.6 Å². The molecule has 0 aliphatic carbocycles. The fraction of sp³-hybridized carbons (Fsp3) is 0.231. The highest BCUT2D eigenvalue weighted by Gasteiger charge is 2.01. The topological polar surface area (TPSA) is 75.6 Å². The van der Waals surface area contributed by atoms with Gasteiger partial charge in [0, 0.05) is 12.6 Å². The van der Waals surface area contributed by atoms with Crippen molar-refractivity contribution in [2.45, 2.75) is 6.42 Å². The molecule has 2 N–H and O–H groups in total. The van der Waals surface area contributed by atoms with E-state index in [1.54, 1.807) is 19.3 Å². The van der Waals surface area contributed by atoms with Crippen LogP contribution in [0.15, 0.2) is 28.7 Å². The quantitative estimate of drug-likeness (QED) is 0.784. The molecule has 0 aliphatic heterocycles. The zero-order chi connectivity index (χ0) is 14.3. The van der Waals surface area contributed by atoms with Crippen LogP contribution in [-0.2, 0) is 9.59 Å². The van der Waals surface area contributed by atoms with Gasteiger partial charge in [0.1, 0.15) is 5.75 Å². The summed E-state index contributed by atoms with van der Waals surface area (Å²) in [5.74, 6) is -0.556. The Balaban J connectivity index is 2.54. The lowest BCUT2D eigenvalue weighted by molar-refractivity contribution is -0.136. The van der Waals surface area contributed by atoms with E-state index in [9.17, 15) is 9.59 Å². The van der Waals surface area contributed by atoms with Crippen molar-refractivity contribution < 1.29 is 19.4 Å². The third-order valence-corrected chi connectivity index (χ3v) is 2.86. The normalized spacial score (nSPS) is 10.4. The van der Waals surface area contributed by atoms with Gasteiger partial charge in [-0.15, -0.1) is 0 Å². The zero-order valence-corrected chi connectivity index (χ0v) is 11.9. The fourth-order valence-corrected chi connectivity index (χ4v) is 1.87. The van der Waals surface area contributed by atoms with Gasteiger partial charge in [0.15, 0.2) is 0 Å². The van der Waals surface area contributed by atoms with Gasteiger partial charge in [0.25, 0.3) is 0 Å². The highest BCUT2D eigenvalue weighted by atomic mass is 79.9. The summed E-state index contributed by atoms with van der Waals surface area (Å²) in [7, 11) is 1.57. The maximum atomic E-state index is 11.4. The number of benzene rings is 1. The summed E-state index contributed by atoms with van der Waals surface area (Å²) in [5.41, 5.74) is 0.834. The van der Waals surface area contributed by atoms with Gasteiger partial charge in [-0.1, -0.05) is 6.07 Å². The largest absolute Gasteiger partial charge is 0.496 e. The minimum Gasteiger partial charge on any atom is -0.496 e. The summed E-state index contributed by atoms with van der Waals surface area (Å²) in [6.07, 6.45) is 2.91. The molecule has 0 unspecified atom stereocenters. The van der Waals surface area contributed by atoms with E-state index >= 15 is 0 Å². The van der Waals surface area contributed by atoms with Crippen molar-refractivity contribution in [1.29, 1.82) is 0 Å². The molecule has 1 amide bonds. The number of carboxylic acid groups (broad SMARTS) is 1. The second-order valence-electron chi connectivity index (χ2n) is 3.66. The summed E-state index contributed by atoms with van der Waals surface area (Å²) >= 11 is 3.35. The van der Waals surface area contributed by atoms with Gasteiger partial charge in [-0.2, -0.15) is 0 Å². The van der Waals surface area contributed by atoms with Crippen LogP contribution in [0, 0.1) is 0 Å². The average molecular weight is 328 g/mol. The van der Waals surface area contributed by atoms with Gasteiger partial charge in [-0.3, -0.25) is 9.59 Å². The Morgan fingerprint density at radius 3 is 2.79 bits per heavy atom.